The van der Waals surface area contributed by atoms with Crippen molar-refractivity contribution in [3.05, 3.63) is 58.1 Å². The molecular weight excluding hydrogens is 397 g/mol. The molecule has 1 atom stereocenters. The highest BCUT2D eigenvalue weighted by Gasteiger charge is 2.33. The van der Waals surface area contributed by atoms with Crippen LogP contribution in [0.25, 0.3) is 11.3 Å². The molecule has 3 N–H and O–H groups in total. The molecule has 0 spiro atoms. The summed E-state index contributed by atoms with van der Waals surface area (Å²) in [5, 5.41) is 8.57. The smallest absolute Gasteiger partial charge is 0.373 e. The number of alkyl halides is 3. The summed E-state index contributed by atoms with van der Waals surface area (Å²) in [6.45, 7) is 4.33. The van der Waals surface area contributed by atoms with Crippen molar-refractivity contribution in [3.63, 3.8) is 0 Å². The summed E-state index contributed by atoms with van der Waals surface area (Å²) in [4.78, 5) is 1.20. The number of hydrogen-bond acceptors (Lipinski definition) is 4. The second-order valence-corrected chi connectivity index (χ2v) is 8.17. The molecule has 3 rings (SSSR count). The fourth-order valence-electron chi connectivity index (χ4n) is 3.53. The van der Waals surface area contributed by atoms with Crippen LogP contribution in [0.4, 0.5) is 18.2 Å². The Balaban J connectivity index is 1.86. The van der Waals surface area contributed by atoms with Gasteiger partial charge in [0.25, 0.3) is 0 Å². The van der Waals surface area contributed by atoms with Gasteiger partial charge in [-0.1, -0.05) is 25.1 Å². The van der Waals surface area contributed by atoms with Gasteiger partial charge in [-0.05, 0) is 43.0 Å². The number of hydrogen-bond donors (Lipinski definition) is 2. The third-order valence-corrected chi connectivity index (χ3v) is 6.14. The first-order valence-corrected chi connectivity index (χ1v) is 10.3. The topological polar surface area (TPSA) is 55.9 Å². The first-order chi connectivity index (χ1) is 13.7. The van der Waals surface area contributed by atoms with E-state index in [1.54, 1.807) is 17.4 Å². The Morgan fingerprint density at radius 2 is 2.00 bits per heavy atom. The number of aromatic nitrogens is 2. The highest BCUT2D eigenvalue weighted by atomic mass is 32.1. The molecule has 2 heterocycles. The molecule has 0 aliphatic rings. The van der Waals surface area contributed by atoms with Crippen LogP contribution < -0.4 is 11.1 Å². The van der Waals surface area contributed by atoms with Gasteiger partial charge in [-0.2, -0.15) is 18.3 Å². The van der Waals surface area contributed by atoms with E-state index in [4.69, 9.17) is 5.73 Å². The lowest BCUT2D eigenvalue weighted by molar-refractivity contribution is -0.138. The lowest BCUT2D eigenvalue weighted by Crippen LogP contribution is -2.31. The molecule has 1 aromatic carbocycles. The number of benzene rings is 1. The van der Waals surface area contributed by atoms with Gasteiger partial charge in [-0.25, -0.2) is 0 Å². The fraction of sp³-hybridized carbons (Fsp3) is 0.381. The molecular formula is C21H25F3N4S. The molecule has 0 saturated carbocycles. The van der Waals surface area contributed by atoms with Crippen molar-refractivity contribution in [3.8, 4) is 11.3 Å². The van der Waals surface area contributed by atoms with Crippen molar-refractivity contribution in [2.45, 2.75) is 38.9 Å². The third kappa shape index (κ3) is 4.64. The van der Waals surface area contributed by atoms with Gasteiger partial charge in [-0.3, -0.25) is 4.68 Å². The average Bonchev–Trinajstić information content (AvgIpc) is 3.22. The molecule has 4 nitrogen and oxygen atoms in total. The molecule has 0 radical (unpaired) electrons. The largest absolute Gasteiger partial charge is 0.416 e. The quantitative estimate of drug-likeness (QED) is 0.562. The Labute approximate surface area is 172 Å². The summed E-state index contributed by atoms with van der Waals surface area (Å²) in [5.74, 6) is 0. The number of anilines is 1. The lowest BCUT2D eigenvalue weighted by atomic mass is 10.00. The molecule has 156 valence electrons. The third-order valence-electron chi connectivity index (χ3n) is 4.93. The predicted octanol–water partition coefficient (Wildman–Crippen LogP) is 5.02. The Bertz CT molecular complexity index is 955. The molecule has 0 aliphatic heterocycles. The number of nitrogens with zero attached hydrogens (tertiary/aromatic N) is 2. The van der Waals surface area contributed by atoms with Crippen molar-refractivity contribution in [2.75, 3.05) is 11.9 Å². The summed E-state index contributed by atoms with van der Waals surface area (Å²) >= 11 is 1.61. The van der Waals surface area contributed by atoms with Gasteiger partial charge < -0.3 is 11.1 Å². The maximum atomic E-state index is 13.3. The van der Waals surface area contributed by atoms with Gasteiger partial charge >= 0.3 is 6.18 Å². The molecule has 2 aromatic heterocycles. The molecule has 8 heteroatoms. The van der Waals surface area contributed by atoms with Crippen LogP contribution in [0, 0.1) is 6.92 Å². The second kappa shape index (κ2) is 8.59. The van der Waals surface area contributed by atoms with Crippen molar-refractivity contribution in [1.29, 1.82) is 0 Å². The van der Waals surface area contributed by atoms with Gasteiger partial charge in [0.1, 0.15) is 0 Å². The van der Waals surface area contributed by atoms with Gasteiger partial charge in [0.05, 0.1) is 22.5 Å². The number of halogens is 3. The summed E-state index contributed by atoms with van der Waals surface area (Å²) in [6.07, 6.45) is -1.49. The van der Waals surface area contributed by atoms with Crippen LogP contribution >= 0.6 is 11.3 Å². The lowest BCUT2D eigenvalue weighted by Gasteiger charge is -2.20. The predicted molar refractivity (Wildman–Crippen MR) is 112 cm³/mol. The van der Waals surface area contributed by atoms with E-state index in [0.29, 0.717) is 0 Å². The van der Waals surface area contributed by atoms with Crippen LogP contribution in [0.15, 0.2) is 36.5 Å². The van der Waals surface area contributed by atoms with Gasteiger partial charge in [0, 0.05) is 30.1 Å². The van der Waals surface area contributed by atoms with Crippen LogP contribution in [-0.4, -0.2) is 22.4 Å². The van der Waals surface area contributed by atoms with Crippen LogP contribution in [0.2, 0.25) is 0 Å². The second-order valence-electron chi connectivity index (χ2n) is 7.04. The van der Waals surface area contributed by atoms with E-state index in [-0.39, 0.29) is 24.6 Å². The molecule has 0 saturated heterocycles. The molecule has 0 aliphatic carbocycles. The maximum Gasteiger partial charge on any atom is 0.416 e. The molecule has 0 fully saturated rings. The van der Waals surface area contributed by atoms with E-state index in [9.17, 15) is 13.2 Å². The van der Waals surface area contributed by atoms with Gasteiger partial charge in [0.2, 0.25) is 0 Å². The van der Waals surface area contributed by atoms with E-state index in [1.807, 2.05) is 30.9 Å². The van der Waals surface area contributed by atoms with Gasteiger partial charge in [0.15, 0.2) is 0 Å². The van der Waals surface area contributed by atoms with Crippen molar-refractivity contribution < 1.29 is 13.2 Å². The van der Waals surface area contributed by atoms with Crippen molar-refractivity contribution in [2.24, 2.45) is 12.8 Å². The highest BCUT2D eigenvalue weighted by molar-refractivity contribution is 7.16. The van der Waals surface area contributed by atoms with Crippen molar-refractivity contribution >= 4 is 16.3 Å². The first kappa shape index (κ1) is 21.4. The van der Waals surface area contributed by atoms with Gasteiger partial charge in [-0.15, -0.1) is 11.3 Å². The SMILES string of the molecule is CCc1sc(N[C@H](CN)Cc2ccccc2C(F)(F)F)cc1-c1c(C)cnn1C. The van der Waals surface area contributed by atoms with Crippen molar-refractivity contribution in [1.82, 2.24) is 9.78 Å². The summed E-state index contributed by atoms with van der Waals surface area (Å²) in [7, 11) is 1.91. The standard InChI is InChI=1S/C21H25F3N4S/c1-4-18-16(20-13(2)12-26-28(20)3)10-19(29-18)27-15(11-25)9-14-7-5-6-8-17(14)21(22,23)24/h5-8,10,12,15,27H,4,9,11,25H2,1-3H3/t15-/m0/s1. The van der Waals surface area contributed by atoms with E-state index >= 15 is 0 Å². The normalized spacial score (nSPS) is 12.9. The zero-order chi connectivity index (χ0) is 21.2. The van der Waals surface area contributed by atoms with E-state index < -0.39 is 11.7 Å². The monoisotopic (exact) mass is 422 g/mol. The first-order valence-electron chi connectivity index (χ1n) is 9.48. The minimum Gasteiger partial charge on any atom is -0.373 e. The molecule has 0 bridgehead atoms. The molecule has 3 aromatic rings. The Hall–Kier alpha value is -2.32. The summed E-state index contributed by atoms with van der Waals surface area (Å²) in [6, 6.07) is 7.41. The highest BCUT2D eigenvalue weighted by Crippen LogP contribution is 2.37. The molecule has 29 heavy (non-hydrogen) atoms. The van der Waals surface area contributed by atoms with Crippen LogP contribution in [0.3, 0.4) is 0 Å². The van der Waals surface area contributed by atoms with Crippen LogP contribution in [-0.2, 0) is 26.1 Å². The maximum absolute atomic E-state index is 13.3. The number of thiophene rings is 1. The Morgan fingerprint density at radius 1 is 1.28 bits per heavy atom. The Morgan fingerprint density at radius 3 is 2.59 bits per heavy atom. The zero-order valence-electron chi connectivity index (χ0n) is 16.7. The summed E-state index contributed by atoms with van der Waals surface area (Å²) < 4.78 is 41.8. The summed E-state index contributed by atoms with van der Waals surface area (Å²) in [5.41, 5.74) is 8.78. The Kier molecular flexibility index (Phi) is 6.33. The number of nitrogens with two attached hydrogens (primary N) is 1. The fourth-order valence-corrected chi connectivity index (χ4v) is 4.61. The van der Waals surface area contributed by atoms with Crippen LogP contribution in [0.5, 0.6) is 0 Å². The number of aryl methyl sites for hydroxylation is 3. The molecule has 0 unspecified atom stereocenters. The minimum absolute atomic E-state index is 0.200. The van der Waals surface area contributed by atoms with E-state index in [0.717, 1.165) is 34.3 Å². The zero-order valence-corrected chi connectivity index (χ0v) is 17.5. The van der Waals surface area contributed by atoms with Crippen LogP contribution in [0.1, 0.15) is 28.5 Å². The van der Waals surface area contributed by atoms with E-state index in [2.05, 4.69) is 17.3 Å². The van der Waals surface area contributed by atoms with E-state index in [1.165, 1.54) is 17.0 Å². The number of nitrogens with one attached hydrogen (secondary N) is 1. The minimum atomic E-state index is -4.38. The number of rotatable bonds is 7. The molecule has 0 amide bonds. The average molecular weight is 423 g/mol.